The molecule has 0 radical (unpaired) electrons. The van der Waals surface area contributed by atoms with E-state index in [-0.39, 0.29) is 23.7 Å². The van der Waals surface area contributed by atoms with Crippen molar-refractivity contribution < 1.29 is 28.3 Å². The number of nitro benzene ring substituents is 1. The minimum atomic E-state index is -0.441. The van der Waals surface area contributed by atoms with Gasteiger partial charge in [0.05, 0.1) is 29.3 Å². The summed E-state index contributed by atoms with van der Waals surface area (Å²) >= 11 is 2.16. The van der Waals surface area contributed by atoms with Gasteiger partial charge in [-0.3, -0.25) is 10.1 Å². The molecule has 11 heteroatoms. The van der Waals surface area contributed by atoms with Crippen LogP contribution in [0.25, 0.3) is 22.5 Å². The van der Waals surface area contributed by atoms with Crippen LogP contribution in [0.15, 0.2) is 94.3 Å². The third-order valence-corrected chi connectivity index (χ3v) is 7.73. The second kappa shape index (κ2) is 14.6. The highest BCUT2D eigenvalue weighted by Gasteiger charge is 2.23. The van der Waals surface area contributed by atoms with Crippen LogP contribution < -0.4 is 18.9 Å². The lowest BCUT2D eigenvalue weighted by atomic mass is 9.98. The number of halogens is 1. The van der Waals surface area contributed by atoms with Gasteiger partial charge in [-0.05, 0) is 107 Å². The van der Waals surface area contributed by atoms with Crippen molar-refractivity contribution in [2.75, 3.05) is 20.8 Å². The average molecular weight is 730 g/mol. The highest BCUT2D eigenvalue weighted by atomic mass is 127. The van der Waals surface area contributed by atoms with Crippen molar-refractivity contribution in [3.05, 3.63) is 115 Å². The Morgan fingerprint density at radius 2 is 1.57 bits per heavy atom. The summed E-state index contributed by atoms with van der Waals surface area (Å²) in [5.74, 6) is 3.09. The molecule has 10 nitrogen and oxygen atoms in total. The number of nitriles is 1. The Morgan fingerprint density at radius 3 is 2.13 bits per heavy atom. The lowest BCUT2D eigenvalue weighted by Gasteiger charge is -2.14. The Bertz CT molecular complexity index is 1910. The van der Waals surface area contributed by atoms with Gasteiger partial charge in [0.15, 0.2) is 11.5 Å². The molecular formula is C35H28IN3O7. The van der Waals surface area contributed by atoms with Crippen molar-refractivity contribution >= 4 is 40.4 Å². The van der Waals surface area contributed by atoms with Gasteiger partial charge in [-0.15, -0.1) is 0 Å². The average Bonchev–Trinajstić information content (AvgIpc) is 3.45. The number of benzene rings is 4. The Balaban J connectivity index is 1.49. The van der Waals surface area contributed by atoms with E-state index in [4.69, 9.17) is 23.4 Å². The van der Waals surface area contributed by atoms with E-state index in [0.717, 1.165) is 20.3 Å². The zero-order chi connectivity index (χ0) is 32.6. The van der Waals surface area contributed by atoms with Crippen molar-refractivity contribution in [3.8, 4) is 51.5 Å². The summed E-state index contributed by atoms with van der Waals surface area (Å²) < 4.78 is 29.7. The zero-order valence-electron chi connectivity index (χ0n) is 25.2. The van der Waals surface area contributed by atoms with Gasteiger partial charge in [0, 0.05) is 29.5 Å². The Labute approximate surface area is 279 Å². The maximum absolute atomic E-state index is 11.0. The molecule has 46 heavy (non-hydrogen) atoms. The number of hydrogen-bond donors (Lipinski definition) is 0. The normalized spacial score (nSPS) is 10.8. The molecule has 0 aliphatic rings. The highest BCUT2D eigenvalue weighted by Crippen LogP contribution is 2.43. The standard InChI is InChI=1S/C35H28IN3O7/c1-4-44-31-18-23(17-30(36)34(31)45-21-22-5-11-26(12-6-22)39(40)41)20-38-35-29(19-37)32(24-7-13-27(42-2)14-8-24)33(46-35)25-9-15-28(43-3)16-10-25/h5-18,20H,4,21H2,1-3H3. The predicted octanol–water partition coefficient (Wildman–Crippen LogP) is 8.74. The van der Waals surface area contributed by atoms with E-state index in [1.165, 1.54) is 12.1 Å². The molecule has 0 amide bonds. The fourth-order valence-electron chi connectivity index (χ4n) is 4.66. The number of aliphatic imine (C=N–C) groups is 1. The minimum Gasteiger partial charge on any atom is -0.497 e. The van der Waals surface area contributed by atoms with Gasteiger partial charge in [-0.25, -0.2) is 4.99 Å². The molecule has 0 unspecified atom stereocenters. The molecule has 0 aliphatic heterocycles. The smallest absolute Gasteiger partial charge is 0.269 e. The highest BCUT2D eigenvalue weighted by molar-refractivity contribution is 14.1. The number of hydrogen-bond acceptors (Lipinski definition) is 9. The summed E-state index contributed by atoms with van der Waals surface area (Å²) in [4.78, 5) is 15.1. The van der Waals surface area contributed by atoms with Crippen LogP contribution in [0.1, 0.15) is 23.6 Å². The molecule has 0 bridgehead atoms. The Hall–Kier alpha value is -5.35. The second-order valence-corrected chi connectivity index (χ2v) is 11.0. The molecule has 0 atom stereocenters. The first-order chi connectivity index (χ1) is 22.3. The predicted molar refractivity (Wildman–Crippen MR) is 182 cm³/mol. The maximum atomic E-state index is 11.0. The first-order valence-corrected chi connectivity index (χ1v) is 15.1. The number of furan rings is 1. The van der Waals surface area contributed by atoms with Crippen molar-refractivity contribution in [1.29, 1.82) is 5.26 Å². The number of ether oxygens (including phenoxy) is 4. The van der Waals surface area contributed by atoms with E-state index in [1.54, 1.807) is 38.6 Å². The molecule has 0 spiro atoms. The molecule has 232 valence electrons. The Morgan fingerprint density at radius 1 is 0.935 bits per heavy atom. The zero-order valence-corrected chi connectivity index (χ0v) is 27.3. The molecular weight excluding hydrogens is 701 g/mol. The van der Waals surface area contributed by atoms with E-state index in [9.17, 15) is 15.4 Å². The number of rotatable bonds is 12. The number of nitrogens with zero attached hydrogens (tertiary/aromatic N) is 3. The molecule has 0 saturated heterocycles. The SMILES string of the molecule is CCOc1cc(C=Nc2oc(-c3ccc(OC)cc3)c(-c3ccc(OC)cc3)c2C#N)cc(I)c1OCc1ccc([N+](=O)[O-])cc1. The number of non-ortho nitro benzene ring substituents is 1. The molecule has 5 aromatic rings. The van der Waals surface area contributed by atoms with Crippen LogP contribution in [0.5, 0.6) is 23.0 Å². The van der Waals surface area contributed by atoms with Crippen molar-refractivity contribution in [2.24, 2.45) is 4.99 Å². The number of nitro groups is 1. The summed E-state index contributed by atoms with van der Waals surface area (Å²) in [6.45, 7) is 2.47. The largest absolute Gasteiger partial charge is 0.497 e. The van der Waals surface area contributed by atoms with E-state index in [1.807, 2.05) is 61.5 Å². The van der Waals surface area contributed by atoms with Gasteiger partial charge < -0.3 is 23.4 Å². The number of methoxy groups -OCH3 is 2. The van der Waals surface area contributed by atoms with Gasteiger partial charge in [0.25, 0.3) is 5.69 Å². The lowest BCUT2D eigenvalue weighted by molar-refractivity contribution is -0.384. The van der Waals surface area contributed by atoms with Gasteiger partial charge in [0.2, 0.25) is 5.88 Å². The van der Waals surface area contributed by atoms with Crippen LogP contribution in [0.2, 0.25) is 0 Å². The quantitative estimate of drug-likeness (QED) is 0.0540. The first-order valence-electron chi connectivity index (χ1n) is 14.1. The topological polar surface area (TPSA) is 129 Å². The van der Waals surface area contributed by atoms with Crippen molar-refractivity contribution in [3.63, 3.8) is 0 Å². The first kappa shape index (κ1) is 32.1. The summed E-state index contributed by atoms with van der Waals surface area (Å²) in [5, 5.41) is 21.3. The van der Waals surface area contributed by atoms with Gasteiger partial charge in [-0.2, -0.15) is 5.26 Å². The van der Waals surface area contributed by atoms with Crippen LogP contribution in [-0.2, 0) is 6.61 Å². The molecule has 1 aromatic heterocycles. The van der Waals surface area contributed by atoms with Gasteiger partial charge in [0.1, 0.15) is 35.5 Å². The fourth-order valence-corrected chi connectivity index (χ4v) is 5.44. The molecule has 1 heterocycles. The maximum Gasteiger partial charge on any atom is 0.269 e. The third-order valence-electron chi connectivity index (χ3n) is 6.93. The summed E-state index contributed by atoms with van der Waals surface area (Å²) in [5.41, 5.74) is 3.92. The van der Waals surface area contributed by atoms with Crippen LogP contribution >= 0.6 is 22.6 Å². The molecule has 0 aliphatic carbocycles. The fraction of sp³-hybridized carbons (Fsp3) is 0.143. The molecule has 0 fully saturated rings. The van der Waals surface area contributed by atoms with E-state index >= 15 is 0 Å². The second-order valence-electron chi connectivity index (χ2n) is 9.79. The van der Waals surface area contributed by atoms with Gasteiger partial charge in [-0.1, -0.05) is 12.1 Å². The van der Waals surface area contributed by atoms with E-state index in [2.05, 4.69) is 33.7 Å². The molecule has 0 saturated carbocycles. The van der Waals surface area contributed by atoms with Crippen molar-refractivity contribution in [1.82, 2.24) is 0 Å². The third kappa shape index (κ3) is 7.13. The van der Waals surface area contributed by atoms with Crippen LogP contribution in [-0.4, -0.2) is 32.0 Å². The molecule has 5 rings (SSSR count). The minimum absolute atomic E-state index is 0.0142. The van der Waals surface area contributed by atoms with Crippen LogP contribution in [0.3, 0.4) is 0 Å². The lowest BCUT2D eigenvalue weighted by Crippen LogP contribution is -2.02. The van der Waals surface area contributed by atoms with Gasteiger partial charge >= 0.3 is 0 Å². The summed E-state index contributed by atoms with van der Waals surface area (Å²) in [6.07, 6.45) is 1.61. The molecule has 0 N–H and O–H groups in total. The molecule has 4 aromatic carbocycles. The Kier molecular flexibility index (Phi) is 10.2. The van der Waals surface area contributed by atoms with Crippen LogP contribution in [0.4, 0.5) is 11.6 Å². The van der Waals surface area contributed by atoms with Crippen LogP contribution in [0, 0.1) is 25.0 Å². The summed E-state index contributed by atoms with van der Waals surface area (Å²) in [6, 6.07) is 26.9. The van der Waals surface area contributed by atoms with Crippen molar-refractivity contribution in [2.45, 2.75) is 13.5 Å². The summed E-state index contributed by atoms with van der Waals surface area (Å²) in [7, 11) is 3.19. The van der Waals surface area contributed by atoms with E-state index in [0.29, 0.717) is 46.5 Å². The monoisotopic (exact) mass is 729 g/mol. The van der Waals surface area contributed by atoms with E-state index < -0.39 is 4.92 Å².